The second-order valence-electron chi connectivity index (χ2n) is 5.83. The van der Waals surface area contributed by atoms with Crippen LogP contribution in [0.25, 0.3) is 0 Å². The summed E-state index contributed by atoms with van der Waals surface area (Å²) in [5, 5.41) is 0. The zero-order chi connectivity index (χ0) is 13.5. The first-order chi connectivity index (χ1) is 7.58. The summed E-state index contributed by atoms with van der Waals surface area (Å²) in [5.41, 5.74) is -1.20. The van der Waals surface area contributed by atoms with Crippen molar-refractivity contribution in [1.82, 2.24) is 0 Å². The van der Waals surface area contributed by atoms with Crippen LogP contribution in [0.3, 0.4) is 0 Å². The highest BCUT2D eigenvalue weighted by Crippen LogP contribution is 2.45. The van der Waals surface area contributed by atoms with Crippen molar-refractivity contribution in [3.8, 4) is 0 Å². The number of hydrogen-bond acceptors (Lipinski definition) is 4. The van der Waals surface area contributed by atoms with Crippen molar-refractivity contribution in [3.05, 3.63) is 0 Å². The molecule has 0 bridgehead atoms. The van der Waals surface area contributed by atoms with Gasteiger partial charge in [-0.05, 0) is 27.7 Å². The van der Waals surface area contributed by atoms with Gasteiger partial charge < -0.3 is 0 Å². The molecule has 0 N–H and O–H groups in total. The number of carbonyl (C=O) groups excluding carboxylic acids is 2. The van der Waals surface area contributed by atoms with Gasteiger partial charge >= 0.3 is 5.97 Å². The third-order valence-electron chi connectivity index (χ3n) is 3.37. The molecule has 0 aromatic heterocycles. The van der Waals surface area contributed by atoms with E-state index in [1.807, 2.05) is 27.7 Å². The normalized spacial score (nSPS) is 25.4. The minimum atomic E-state index is -0.598. The van der Waals surface area contributed by atoms with Gasteiger partial charge in [0.25, 0.3) is 0 Å². The Balaban J connectivity index is 3.29. The Morgan fingerprint density at radius 3 is 1.88 bits per heavy atom. The van der Waals surface area contributed by atoms with E-state index in [-0.39, 0.29) is 10.6 Å². The molecule has 0 unspecified atom stereocenters. The molecule has 1 heterocycles. The molecule has 1 fully saturated rings. The molecule has 0 aliphatic carbocycles. The van der Waals surface area contributed by atoms with Gasteiger partial charge in [-0.25, -0.2) is 9.63 Å². The lowest BCUT2D eigenvalue weighted by Crippen LogP contribution is -2.74. The summed E-state index contributed by atoms with van der Waals surface area (Å²) in [6.07, 6.45) is 0.662. The predicted octanol–water partition coefficient (Wildman–Crippen LogP) is 1.76. The maximum Gasteiger partial charge on any atom is 0.368 e. The monoisotopic (exact) mass is 244 g/mol. The second kappa shape index (κ2) is 4.07. The number of hydroxylamine groups is 4. The molecule has 0 amide bonds. The summed E-state index contributed by atoms with van der Waals surface area (Å²) in [5.74, 6) is -0.250. The highest BCUT2D eigenvalue weighted by Gasteiger charge is 2.65. The number of hydrogen-bond donors (Lipinski definition) is 0. The lowest BCUT2D eigenvalue weighted by molar-refractivity contribution is -1.29. The molecular formula is C12H22NO4+. The molecule has 0 atom stereocenters. The Labute approximate surface area is 102 Å². The van der Waals surface area contributed by atoms with Crippen LogP contribution in [0, 0.1) is 0 Å². The van der Waals surface area contributed by atoms with Gasteiger partial charge in [0.05, 0.1) is 12.8 Å². The molecule has 0 radical (unpaired) electrons. The van der Waals surface area contributed by atoms with Crippen LogP contribution in [0.4, 0.5) is 0 Å². The lowest BCUT2D eigenvalue weighted by Gasteiger charge is -2.52. The van der Waals surface area contributed by atoms with Crippen molar-refractivity contribution in [2.75, 3.05) is 7.11 Å². The van der Waals surface area contributed by atoms with Crippen LogP contribution in [0.1, 0.15) is 47.5 Å². The Kier molecular flexibility index (Phi) is 3.38. The zero-order valence-electron chi connectivity index (χ0n) is 11.5. The van der Waals surface area contributed by atoms with Crippen molar-refractivity contribution in [3.63, 3.8) is 0 Å². The van der Waals surface area contributed by atoms with Crippen LogP contribution in [0.15, 0.2) is 0 Å². The molecular weight excluding hydrogens is 222 g/mol. The van der Waals surface area contributed by atoms with Gasteiger partial charge in [0.15, 0.2) is 11.1 Å². The molecule has 0 spiro atoms. The summed E-state index contributed by atoms with van der Waals surface area (Å²) >= 11 is 0. The maximum absolute atomic E-state index is 11.8. The number of ketones is 1. The molecule has 0 aromatic rings. The summed E-state index contributed by atoms with van der Waals surface area (Å²) in [6.45, 7) is 8.84. The van der Waals surface area contributed by atoms with E-state index in [4.69, 9.17) is 9.68 Å². The van der Waals surface area contributed by atoms with Crippen molar-refractivity contribution in [2.45, 2.75) is 58.5 Å². The zero-order valence-corrected chi connectivity index (χ0v) is 11.5. The van der Waals surface area contributed by atoms with E-state index in [9.17, 15) is 9.59 Å². The Bertz CT molecular complexity index is 326. The standard InChI is InChI=1S/C12H22NO4/c1-9(14)17-13(16-6)11(2,3)7-10(15)8-12(13,4)5/h7-8H2,1-6H3/q+1. The number of rotatable bonds is 2. The van der Waals surface area contributed by atoms with Crippen LogP contribution in [-0.2, 0) is 19.3 Å². The largest absolute Gasteiger partial charge is 0.368 e. The molecule has 0 aromatic carbocycles. The van der Waals surface area contributed by atoms with Crippen molar-refractivity contribution in [1.29, 1.82) is 0 Å². The molecule has 17 heavy (non-hydrogen) atoms. The fourth-order valence-corrected chi connectivity index (χ4v) is 3.01. The van der Waals surface area contributed by atoms with Gasteiger partial charge in [-0.1, -0.05) is 0 Å². The molecule has 1 rings (SSSR count). The number of nitrogens with zero attached hydrogens (tertiary/aromatic N) is 1. The van der Waals surface area contributed by atoms with Crippen LogP contribution < -0.4 is 0 Å². The smallest absolute Gasteiger partial charge is 0.299 e. The molecule has 0 saturated carbocycles. The van der Waals surface area contributed by atoms with Crippen LogP contribution in [0.2, 0.25) is 0 Å². The van der Waals surface area contributed by atoms with E-state index in [0.717, 1.165) is 0 Å². The molecule has 1 aliphatic rings. The number of carbonyl (C=O) groups is 2. The van der Waals surface area contributed by atoms with Gasteiger partial charge in [-0.15, -0.1) is 0 Å². The minimum Gasteiger partial charge on any atom is -0.299 e. The number of piperidine rings is 1. The average molecular weight is 244 g/mol. The Morgan fingerprint density at radius 1 is 1.18 bits per heavy atom. The third-order valence-corrected chi connectivity index (χ3v) is 3.37. The summed E-state index contributed by atoms with van der Waals surface area (Å²) in [7, 11) is 1.50. The van der Waals surface area contributed by atoms with Crippen LogP contribution >= 0.6 is 0 Å². The SMILES string of the molecule is CO[N+]1(OC(C)=O)C(C)(C)CC(=O)CC1(C)C. The minimum absolute atomic E-state index is 0.165. The molecule has 5 heteroatoms. The van der Waals surface area contributed by atoms with Crippen molar-refractivity contribution < 1.29 is 24.1 Å². The third kappa shape index (κ3) is 2.09. The van der Waals surface area contributed by atoms with Gasteiger partial charge in [0.1, 0.15) is 12.9 Å². The van der Waals surface area contributed by atoms with E-state index in [1.165, 1.54) is 14.0 Å². The van der Waals surface area contributed by atoms with Crippen LogP contribution in [-0.4, -0.2) is 34.7 Å². The van der Waals surface area contributed by atoms with Crippen LogP contribution in [0.5, 0.6) is 0 Å². The quantitative estimate of drug-likeness (QED) is 0.695. The first-order valence-electron chi connectivity index (χ1n) is 5.75. The highest BCUT2D eigenvalue weighted by atomic mass is 17.0. The first-order valence-corrected chi connectivity index (χ1v) is 5.75. The van der Waals surface area contributed by atoms with Crippen molar-refractivity contribution in [2.24, 2.45) is 0 Å². The molecule has 98 valence electrons. The summed E-state index contributed by atoms with van der Waals surface area (Å²) in [4.78, 5) is 33.8. The predicted molar refractivity (Wildman–Crippen MR) is 61.4 cm³/mol. The average Bonchev–Trinajstić information content (AvgIpc) is 2.08. The number of quaternary nitrogens is 1. The van der Waals surface area contributed by atoms with E-state index in [2.05, 4.69) is 0 Å². The maximum atomic E-state index is 11.8. The number of Topliss-reactive ketones (excluding diaryl/α,β-unsaturated/α-hetero) is 1. The topological polar surface area (TPSA) is 52.6 Å². The van der Waals surface area contributed by atoms with Gasteiger partial charge in [0.2, 0.25) is 0 Å². The van der Waals surface area contributed by atoms with E-state index >= 15 is 0 Å². The fraction of sp³-hybridized carbons (Fsp3) is 0.833. The van der Waals surface area contributed by atoms with Gasteiger partial charge in [-0.2, -0.15) is 4.84 Å². The molecule has 1 saturated heterocycles. The van der Waals surface area contributed by atoms with E-state index in [1.54, 1.807) is 0 Å². The Hall–Kier alpha value is -0.940. The lowest BCUT2D eigenvalue weighted by atomic mass is 9.80. The fourth-order valence-electron chi connectivity index (χ4n) is 3.01. The van der Waals surface area contributed by atoms with E-state index in [0.29, 0.717) is 12.8 Å². The Morgan fingerprint density at radius 2 is 1.59 bits per heavy atom. The van der Waals surface area contributed by atoms with Gasteiger partial charge in [0, 0.05) is 11.7 Å². The summed E-state index contributed by atoms with van der Waals surface area (Å²) < 4.78 is 0. The molecule has 5 nitrogen and oxygen atoms in total. The highest BCUT2D eigenvalue weighted by molar-refractivity contribution is 5.81. The van der Waals surface area contributed by atoms with Gasteiger partial charge in [-0.3, -0.25) is 4.79 Å². The first kappa shape index (κ1) is 14.1. The second-order valence-corrected chi connectivity index (χ2v) is 5.83. The summed E-state index contributed by atoms with van der Waals surface area (Å²) in [6, 6.07) is 0. The van der Waals surface area contributed by atoms with Crippen molar-refractivity contribution >= 4 is 11.8 Å². The van der Waals surface area contributed by atoms with E-state index < -0.39 is 17.0 Å². The molecule has 1 aliphatic heterocycles.